The standard InChI is InChI=1S/C17H13Br2NO3S/c18-15-6-1-13(2-7-15)5-10-17(21)20-24(22,23)12-11-14-3-8-16(19)9-4-14/h1-12H,(H,20,21). The van der Waals surface area contributed by atoms with Gasteiger partial charge in [-0.15, -0.1) is 0 Å². The average Bonchev–Trinajstić information content (AvgIpc) is 2.53. The van der Waals surface area contributed by atoms with Crippen LogP contribution in [0.2, 0.25) is 0 Å². The number of amides is 1. The summed E-state index contributed by atoms with van der Waals surface area (Å²) in [7, 11) is -3.85. The minimum absolute atomic E-state index is 0.710. The van der Waals surface area contributed by atoms with Gasteiger partial charge < -0.3 is 0 Å². The molecule has 0 spiro atoms. The zero-order valence-corrected chi connectivity index (χ0v) is 16.3. The number of halogens is 2. The Morgan fingerprint density at radius 2 is 1.29 bits per heavy atom. The second-order valence-electron chi connectivity index (χ2n) is 4.75. The Labute approximate surface area is 157 Å². The third kappa shape index (κ3) is 6.43. The summed E-state index contributed by atoms with van der Waals surface area (Å²) < 4.78 is 27.5. The minimum Gasteiger partial charge on any atom is -0.269 e. The van der Waals surface area contributed by atoms with E-state index < -0.39 is 15.9 Å². The molecule has 1 amide bonds. The summed E-state index contributed by atoms with van der Waals surface area (Å²) in [6.07, 6.45) is 4.13. The van der Waals surface area contributed by atoms with Crippen LogP contribution in [0.25, 0.3) is 12.2 Å². The molecule has 4 nitrogen and oxygen atoms in total. The molecule has 0 saturated heterocycles. The zero-order chi connectivity index (χ0) is 17.6. The van der Waals surface area contributed by atoms with E-state index in [1.165, 1.54) is 18.2 Å². The normalized spacial score (nSPS) is 11.9. The van der Waals surface area contributed by atoms with Gasteiger partial charge in [-0.3, -0.25) is 4.79 Å². The van der Waals surface area contributed by atoms with Crippen molar-refractivity contribution in [3.8, 4) is 0 Å². The van der Waals surface area contributed by atoms with Crippen LogP contribution in [0.15, 0.2) is 69.0 Å². The first-order chi connectivity index (χ1) is 11.3. The van der Waals surface area contributed by atoms with Crippen molar-refractivity contribution in [3.05, 3.63) is 80.1 Å². The molecule has 0 unspecified atom stereocenters. The number of rotatable bonds is 5. The molecule has 0 heterocycles. The number of nitrogens with one attached hydrogen (secondary N) is 1. The van der Waals surface area contributed by atoms with Gasteiger partial charge in [-0.05, 0) is 47.5 Å². The van der Waals surface area contributed by atoms with Gasteiger partial charge in [0.15, 0.2) is 0 Å². The maximum atomic E-state index is 11.9. The summed E-state index contributed by atoms with van der Waals surface area (Å²) in [6.45, 7) is 0. The van der Waals surface area contributed by atoms with Crippen LogP contribution in [-0.2, 0) is 14.8 Å². The van der Waals surface area contributed by atoms with Crippen LogP contribution < -0.4 is 4.72 Å². The zero-order valence-electron chi connectivity index (χ0n) is 12.3. The fourth-order valence-corrected chi connectivity index (χ4v) is 2.98. The van der Waals surface area contributed by atoms with Gasteiger partial charge in [-0.1, -0.05) is 56.1 Å². The number of carbonyl (C=O) groups is 1. The van der Waals surface area contributed by atoms with Crippen molar-refractivity contribution in [2.75, 3.05) is 0 Å². The molecule has 0 atom stereocenters. The van der Waals surface area contributed by atoms with E-state index in [9.17, 15) is 13.2 Å². The van der Waals surface area contributed by atoms with Crippen LogP contribution in [0.1, 0.15) is 11.1 Å². The number of carbonyl (C=O) groups excluding carboxylic acids is 1. The summed E-state index contributed by atoms with van der Waals surface area (Å²) in [5.41, 5.74) is 1.50. The molecule has 2 aromatic carbocycles. The third-order valence-corrected chi connectivity index (χ3v) is 4.89. The summed E-state index contributed by atoms with van der Waals surface area (Å²) in [4.78, 5) is 11.7. The summed E-state index contributed by atoms with van der Waals surface area (Å²) in [6, 6.07) is 14.4. The molecule has 0 aliphatic carbocycles. The highest BCUT2D eigenvalue weighted by molar-refractivity contribution is 9.10. The first kappa shape index (κ1) is 18.6. The van der Waals surface area contributed by atoms with Crippen molar-refractivity contribution in [3.63, 3.8) is 0 Å². The Kier molecular flexibility index (Phi) is 6.53. The molecule has 0 radical (unpaired) electrons. The second-order valence-corrected chi connectivity index (χ2v) is 8.15. The summed E-state index contributed by atoms with van der Waals surface area (Å²) in [5.74, 6) is -0.710. The molecular formula is C17H13Br2NO3S. The van der Waals surface area contributed by atoms with Gasteiger partial charge in [0.1, 0.15) is 0 Å². The van der Waals surface area contributed by atoms with Crippen LogP contribution >= 0.6 is 31.9 Å². The molecule has 2 aromatic rings. The SMILES string of the molecule is O=C(C=Cc1ccc(Br)cc1)NS(=O)(=O)C=Cc1ccc(Br)cc1. The van der Waals surface area contributed by atoms with Crippen molar-refractivity contribution in [2.45, 2.75) is 0 Å². The third-order valence-electron chi connectivity index (χ3n) is 2.85. The number of hydrogen-bond donors (Lipinski definition) is 1. The highest BCUT2D eigenvalue weighted by atomic mass is 79.9. The average molecular weight is 471 g/mol. The second kappa shape index (κ2) is 8.41. The van der Waals surface area contributed by atoms with Crippen molar-refractivity contribution < 1.29 is 13.2 Å². The Morgan fingerprint density at radius 3 is 1.79 bits per heavy atom. The Bertz CT molecular complexity index is 871. The topological polar surface area (TPSA) is 63.2 Å². The van der Waals surface area contributed by atoms with Gasteiger partial charge in [0.2, 0.25) is 0 Å². The quantitative estimate of drug-likeness (QED) is 0.661. The number of benzene rings is 2. The number of hydrogen-bond acceptors (Lipinski definition) is 3. The van der Waals surface area contributed by atoms with Crippen molar-refractivity contribution >= 4 is 59.9 Å². The monoisotopic (exact) mass is 469 g/mol. The highest BCUT2D eigenvalue weighted by Gasteiger charge is 2.08. The van der Waals surface area contributed by atoms with E-state index >= 15 is 0 Å². The Morgan fingerprint density at radius 1 is 0.833 bits per heavy atom. The van der Waals surface area contributed by atoms with Crippen molar-refractivity contribution in [1.82, 2.24) is 4.72 Å². The molecule has 0 bridgehead atoms. The molecule has 0 aliphatic rings. The first-order valence-corrected chi connectivity index (χ1v) is 9.91. The molecule has 2 rings (SSSR count). The van der Waals surface area contributed by atoms with Gasteiger partial charge in [-0.25, -0.2) is 13.1 Å². The van der Waals surface area contributed by atoms with Crippen LogP contribution in [0.5, 0.6) is 0 Å². The molecule has 24 heavy (non-hydrogen) atoms. The highest BCUT2D eigenvalue weighted by Crippen LogP contribution is 2.12. The Balaban J connectivity index is 1.98. The van der Waals surface area contributed by atoms with Crippen molar-refractivity contribution in [2.24, 2.45) is 0 Å². The lowest BCUT2D eigenvalue weighted by Crippen LogP contribution is -2.26. The largest absolute Gasteiger partial charge is 0.269 e. The van der Waals surface area contributed by atoms with Crippen LogP contribution in [0, 0.1) is 0 Å². The van der Waals surface area contributed by atoms with Crippen LogP contribution in [0.3, 0.4) is 0 Å². The van der Waals surface area contributed by atoms with E-state index in [0.29, 0.717) is 5.56 Å². The van der Waals surface area contributed by atoms with E-state index in [1.54, 1.807) is 36.4 Å². The molecule has 124 valence electrons. The lowest BCUT2D eigenvalue weighted by atomic mass is 10.2. The van der Waals surface area contributed by atoms with Gasteiger partial charge in [0, 0.05) is 15.0 Å². The van der Waals surface area contributed by atoms with Crippen LogP contribution in [-0.4, -0.2) is 14.3 Å². The fourth-order valence-electron chi connectivity index (χ4n) is 1.70. The molecule has 0 saturated carbocycles. The lowest BCUT2D eigenvalue weighted by Gasteiger charge is -2.00. The van der Waals surface area contributed by atoms with Gasteiger partial charge >= 0.3 is 0 Å². The predicted molar refractivity (Wildman–Crippen MR) is 103 cm³/mol. The fraction of sp³-hybridized carbons (Fsp3) is 0. The summed E-state index contributed by atoms with van der Waals surface area (Å²) >= 11 is 6.61. The van der Waals surface area contributed by atoms with Crippen molar-refractivity contribution in [1.29, 1.82) is 0 Å². The van der Waals surface area contributed by atoms with Gasteiger partial charge in [0.25, 0.3) is 15.9 Å². The van der Waals surface area contributed by atoms with Gasteiger partial charge in [0.05, 0.1) is 5.41 Å². The van der Waals surface area contributed by atoms with E-state index in [2.05, 4.69) is 31.9 Å². The summed E-state index contributed by atoms with van der Waals surface area (Å²) in [5, 5.41) is 0.960. The molecule has 7 heteroatoms. The van der Waals surface area contributed by atoms with E-state index in [0.717, 1.165) is 19.9 Å². The minimum atomic E-state index is -3.85. The first-order valence-electron chi connectivity index (χ1n) is 6.78. The maximum Gasteiger partial charge on any atom is 0.257 e. The molecule has 0 aliphatic heterocycles. The van der Waals surface area contributed by atoms with E-state index in [-0.39, 0.29) is 0 Å². The molecule has 1 N–H and O–H groups in total. The van der Waals surface area contributed by atoms with E-state index in [1.807, 2.05) is 16.9 Å². The smallest absolute Gasteiger partial charge is 0.257 e. The maximum absolute atomic E-state index is 11.9. The van der Waals surface area contributed by atoms with Gasteiger partial charge in [-0.2, -0.15) is 0 Å². The Hall–Kier alpha value is -1.70. The van der Waals surface area contributed by atoms with Crippen LogP contribution in [0.4, 0.5) is 0 Å². The number of sulfonamides is 1. The molecule has 0 aromatic heterocycles. The lowest BCUT2D eigenvalue weighted by molar-refractivity contribution is -0.114. The van der Waals surface area contributed by atoms with E-state index in [4.69, 9.17) is 0 Å². The molecular weight excluding hydrogens is 458 g/mol. The molecule has 0 fully saturated rings. The predicted octanol–water partition coefficient (Wildman–Crippen LogP) is 4.34.